The summed E-state index contributed by atoms with van der Waals surface area (Å²) >= 11 is 0. The molecule has 0 saturated heterocycles. The molecule has 0 atom stereocenters. The zero-order chi connectivity index (χ0) is 20.1. The van der Waals surface area contributed by atoms with Gasteiger partial charge in [0.2, 0.25) is 5.89 Å². The Kier molecular flexibility index (Phi) is 5.26. The van der Waals surface area contributed by atoms with Crippen LogP contribution in [0.1, 0.15) is 11.5 Å². The van der Waals surface area contributed by atoms with E-state index in [-0.39, 0.29) is 6.61 Å². The first-order valence-electron chi connectivity index (χ1n) is 9.09. The van der Waals surface area contributed by atoms with Crippen LogP contribution in [0.15, 0.2) is 71.1 Å². The minimum atomic E-state index is -0.0284. The van der Waals surface area contributed by atoms with Crippen molar-refractivity contribution in [1.29, 1.82) is 5.26 Å². The highest BCUT2D eigenvalue weighted by Gasteiger charge is 2.07. The predicted octanol–water partition coefficient (Wildman–Crippen LogP) is 5.58. The van der Waals surface area contributed by atoms with Gasteiger partial charge in [-0.1, -0.05) is 42.5 Å². The number of methoxy groups -OCH3 is 1. The van der Waals surface area contributed by atoms with Crippen molar-refractivity contribution in [2.75, 3.05) is 13.7 Å². The topological polar surface area (TPSA) is 68.3 Å². The van der Waals surface area contributed by atoms with Crippen LogP contribution in [0.2, 0.25) is 0 Å². The molecular formula is C24H18N2O3. The summed E-state index contributed by atoms with van der Waals surface area (Å²) in [7, 11) is 1.56. The molecule has 1 heterocycles. The summed E-state index contributed by atoms with van der Waals surface area (Å²) in [6.45, 7) is -0.0284. The number of benzene rings is 3. The van der Waals surface area contributed by atoms with E-state index < -0.39 is 0 Å². The highest BCUT2D eigenvalue weighted by Crippen LogP contribution is 2.29. The Hall–Kier alpha value is -4.04. The van der Waals surface area contributed by atoms with Gasteiger partial charge in [0.15, 0.2) is 23.7 Å². The SMILES string of the molecule is COc1cc(C=Cc2nc3cc(-c4ccccc4)ccc3o2)ccc1OCC#N. The molecule has 0 aliphatic heterocycles. The van der Waals surface area contributed by atoms with Gasteiger partial charge in [-0.05, 0) is 47.0 Å². The van der Waals surface area contributed by atoms with Gasteiger partial charge in [0.1, 0.15) is 11.6 Å². The molecule has 5 heteroatoms. The third-order valence-corrected chi connectivity index (χ3v) is 4.41. The van der Waals surface area contributed by atoms with Crippen molar-refractivity contribution in [3.63, 3.8) is 0 Å². The van der Waals surface area contributed by atoms with Crippen molar-refractivity contribution < 1.29 is 13.9 Å². The molecule has 29 heavy (non-hydrogen) atoms. The number of ether oxygens (including phenoxy) is 2. The number of nitrogens with zero attached hydrogens (tertiary/aromatic N) is 2. The first-order chi connectivity index (χ1) is 14.3. The molecular weight excluding hydrogens is 364 g/mol. The largest absolute Gasteiger partial charge is 0.493 e. The third kappa shape index (κ3) is 4.12. The molecule has 3 aromatic carbocycles. The van der Waals surface area contributed by atoms with Crippen LogP contribution < -0.4 is 9.47 Å². The summed E-state index contributed by atoms with van der Waals surface area (Å²) in [5.41, 5.74) is 4.68. The lowest BCUT2D eigenvalue weighted by atomic mass is 10.1. The van der Waals surface area contributed by atoms with Crippen LogP contribution in [-0.4, -0.2) is 18.7 Å². The zero-order valence-electron chi connectivity index (χ0n) is 15.8. The number of rotatable bonds is 6. The Balaban J connectivity index is 1.57. The van der Waals surface area contributed by atoms with Crippen LogP contribution in [-0.2, 0) is 0 Å². The quantitative estimate of drug-likeness (QED) is 0.436. The highest BCUT2D eigenvalue weighted by atomic mass is 16.5. The van der Waals surface area contributed by atoms with E-state index in [1.165, 1.54) is 0 Å². The van der Waals surface area contributed by atoms with Gasteiger partial charge in [0, 0.05) is 6.08 Å². The minimum Gasteiger partial charge on any atom is -0.493 e. The van der Waals surface area contributed by atoms with Gasteiger partial charge >= 0.3 is 0 Å². The number of oxazole rings is 1. The molecule has 0 radical (unpaired) electrons. The monoisotopic (exact) mass is 382 g/mol. The molecule has 1 aromatic heterocycles. The average molecular weight is 382 g/mol. The molecule has 0 aliphatic rings. The maximum Gasteiger partial charge on any atom is 0.220 e. The Morgan fingerprint density at radius 2 is 1.83 bits per heavy atom. The molecule has 142 valence electrons. The summed E-state index contributed by atoms with van der Waals surface area (Å²) in [6, 6.07) is 23.6. The van der Waals surface area contributed by atoms with Gasteiger partial charge in [0.05, 0.1) is 7.11 Å². The first kappa shape index (κ1) is 18.3. The Labute approximate surface area is 168 Å². The lowest BCUT2D eigenvalue weighted by Crippen LogP contribution is -1.96. The average Bonchev–Trinajstić information content (AvgIpc) is 3.19. The Morgan fingerprint density at radius 3 is 2.62 bits per heavy atom. The molecule has 0 spiro atoms. The summed E-state index contributed by atoms with van der Waals surface area (Å²) in [4.78, 5) is 4.57. The molecule has 4 aromatic rings. The number of hydrogen-bond acceptors (Lipinski definition) is 5. The first-order valence-corrected chi connectivity index (χ1v) is 9.09. The lowest BCUT2D eigenvalue weighted by molar-refractivity contribution is 0.329. The van der Waals surface area contributed by atoms with Crippen molar-refractivity contribution in [2.45, 2.75) is 0 Å². The molecule has 0 bridgehead atoms. The van der Waals surface area contributed by atoms with Crippen molar-refractivity contribution in [3.05, 3.63) is 78.2 Å². The predicted molar refractivity (Wildman–Crippen MR) is 112 cm³/mol. The van der Waals surface area contributed by atoms with Crippen LogP contribution in [0.25, 0.3) is 34.4 Å². The minimum absolute atomic E-state index is 0.0284. The summed E-state index contributed by atoms with van der Waals surface area (Å²) < 4.78 is 16.5. The van der Waals surface area contributed by atoms with Crippen molar-refractivity contribution >= 4 is 23.3 Å². The van der Waals surface area contributed by atoms with Crippen LogP contribution >= 0.6 is 0 Å². The summed E-state index contributed by atoms with van der Waals surface area (Å²) in [6.07, 6.45) is 3.70. The second-order valence-electron chi connectivity index (χ2n) is 6.29. The number of hydrogen-bond donors (Lipinski definition) is 0. The fraction of sp³-hybridized carbons (Fsp3) is 0.0833. The van der Waals surface area contributed by atoms with Crippen molar-refractivity contribution in [2.24, 2.45) is 0 Å². The van der Waals surface area contributed by atoms with E-state index in [1.54, 1.807) is 13.2 Å². The van der Waals surface area contributed by atoms with E-state index in [2.05, 4.69) is 17.1 Å². The molecule has 5 nitrogen and oxygen atoms in total. The van der Waals surface area contributed by atoms with Crippen LogP contribution in [0.3, 0.4) is 0 Å². The maximum atomic E-state index is 8.65. The lowest BCUT2D eigenvalue weighted by Gasteiger charge is -2.08. The zero-order valence-corrected chi connectivity index (χ0v) is 15.8. The van der Waals surface area contributed by atoms with Crippen LogP contribution in [0.4, 0.5) is 0 Å². The number of fused-ring (bicyclic) bond motifs is 1. The van der Waals surface area contributed by atoms with E-state index in [9.17, 15) is 0 Å². The fourth-order valence-electron chi connectivity index (χ4n) is 3.01. The summed E-state index contributed by atoms with van der Waals surface area (Å²) in [5, 5.41) is 8.65. The highest BCUT2D eigenvalue weighted by molar-refractivity contribution is 5.82. The van der Waals surface area contributed by atoms with Crippen LogP contribution in [0, 0.1) is 11.3 Å². The molecule has 0 saturated carbocycles. The van der Waals surface area contributed by atoms with Gasteiger partial charge in [0.25, 0.3) is 0 Å². The van der Waals surface area contributed by atoms with Gasteiger partial charge in [-0.15, -0.1) is 0 Å². The smallest absolute Gasteiger partial charge is 0.220 e. The van der Waals surface area contributed by atoms with Crippen molar-refractivity contribution in [1.82, 2.24) is 4.98 Å². The molecule has 0 fully saturated rings. The summed E-state index contributed by atoms with van der Waals surface area (Å²) in [5.74, 6) is 1.61. The van der Waals surface area contributed by atoms with E-state index in [0.29, 0.717) is 17.4 Å². The standard InChI is InChI=1S/C24H18N2O3/c1-27-23-15-17(7-10-22(23)28-14-13-25)8-12-24-26-20-16-19(9-11-21(20)29-24)18-5-3-2-4-6-18/h2-12,15-16H,14H2,1H3. The van der Waals surface area contributed by atoms with E-state index >= 15 is 0 Å². The van der Waals surface area contributed by atoms with E-state index in [1.807, 2.05) is 66.8 Å². The second kappa shape index (κ2) is 8.32. The molecule has 0 N–H and O–H groups in total. The fourth-order valence-corrected chi connectivity index (χ4v) is 3.01. The molecule has 0 unspecified atom stereocenters. The number of aromatic nitrogens is 1. The molecule has 0 aliphatic carbocycles. The van der Waals surface area contributed by atoms with Crippen molar-refractivity contribution in [3.8, 4) is 28.7 Å². The third-order valence-electron chi connectivity index (χ3n) is 4.41. The maximum absolute atomic E-state index is 8.65. The molecule has 0 amide bonds. The Bertz CT molecular complexity index is 1200. The van der Waals surface area contributed by atoms with Gasteiger partial charge < -0.3 is 13.9 Å². The molecule has 4 rings (SSSR count). The second-order valence-corrected chi connectivity index (χ2v) is 6.29. The van der Waals surface area contributed by atoms with Gasteiger partial charge in [-0.3, -0.25) is 0 Å². The van der Waals surface area contributed by atoms with Gasteiger partial charge in [-0.25, -0.2) is 4.98 Å². The van der Waals surface area contributed by atoms with Crippen LogP contribution in [0.5, 0.6) is 11.5 Å². The normalized spacial score (nSPS) is 10.9. The van der Waals surface area contributed by atoms with E-state index in [0.717, 1.165) is 27.8 Å². The van der Waals surface area contributed by atoms with Gasteiger partial charge in [-0.2, -0.15) is 5.26 Å². The number of nitriles is 1. The Morgan fingerprint density at radius 1 is 0.966 bits per heavy atom. The van der Waals surface area contributed by atoms with E-state index in [4.69, 9.17) is 19.2 Å².